The van der Waals surface area contributed by atoms with Crippen LogP contribution in [0.25, 0.3) is 34.3 Å². The SMILES string of the molecule is Cc1ccc(-n2c(-c3ccccc3)cc(/C=C3\C(=O)NC(=S)N(c4ccc(C)c(C)c4)C3=O)c2-c2ccccc2)cc1. The van der Waals surface area contributed by atoms with Crippen molar-refractivity contribution in [3.05, 3.63) is 137 Å². The van der Waals surface area contributed by atoms with E-state index in [4.69, 9.17) is 12.2 Å². The monoisotopic (exact) mass is 567 g/mol. The predicted octanol–water partition coefficient (Wildman–Crippen LogP) is 7.57. The third kappa shape index (κ3) is 4.97. The molecule has 0 unspecified atom stereocenters. The summed E-state index contributed by atoms with van der Waals surface area (Å²) in [4.78, 5) is 28.7. The van der Waals surface area contributed by atoms with Crippen molar-refractivity contribution in [3.8, 4) is 28.2 Å². The quantitative estimate of drug-likeness (QED) is 0.135. The highest BCUT2D eigenvalue weighted by Gasteiger charge is 2.35. The molecule has 2 heterocycles. The van der Waals surface area contributed by atoms with Gasteiger partial charge in [0, 0.05) is 11.3 Å². The van der Waals surface area contributed by atoms with Crippen LogP contribution in [0, 0.1) is 20.8 Å². The molecule has 6 rings (SSSR count). The average molecular weight is 568 g/mol. The summed E-state index contributed by atoms with van der Waals surface area (Å²) in [5, 5.41) is 2.80. The third-order valence-electron chi connectivity index (χ3n) is 7.59. The molecule has 2 amide bonds. The highest BCUT2D eigenvalue weighted by atomic mass is 32.1. The number of anilines is 1. The number of hydrogen-bond acceptors (Lipinski definition) is 3. The second-order valence-electron chi connectivity index (χ2n) is 10.5. The smallest absolute Gasteiger partial charge is 0.270 e. The minimum atomic E-state index is -0.520. The molecule has 1 aliphatic rings. The zero-order chi connectivity index (χ0) is 29.4. The Kier molecular flexibility index (Phi) is 7.15. The average Bonchev–Trinajstić information content (AvgIpc) is 3.37. The molecule has 5 nitrogen and oxygen atoms in total. The molecule has 1 aromatic heterocycles. The summed E-state index contributed by atoms with van der Waals surface area (Å²) in [6, 6.07) is 36.2. The number of benzene rings is 4. The molecule has 1 fully saturated rings. The highest BCUT2D eigenvalue weighted by Crippen LogP contribution is 2.38. The van der Waals surface area contributed by atoms with Crippen molar-refractivity contribution >= 4 is 40.9 Å². The summed E-state index contributed by atoms with van der Waals surface area (Å²) in [6.45, 7) is 6.05. The lowest BCUT2D eigenvalue weighted by molar-refractivity contribution is -0.122. The number of nitrogens with one attached hydrogen (secondary N) is 1. The Hall–Kier alpha value is -5.07. The van der Waals surface area contributed by atoms with Gasteiger partial charge in [0.2, 0.25) is 0 Å². The van der Waals surface area contributed by atoms with Crippen LogP contribution < -0.4 is 10.2 Å². The summed E-state index contributed by atoms with van der Waals surface area (Å²) in [5.41, 5.74) is 9.41. The van der Waals surface area contributed by atoms with Gasteiger partial charge >= 0.3 is 0 Å². The van der Waals surface area contributed by atoms with Crippen LogP contribution in [0.1, 0.15) is 22.3 Å². The molecule has 6 heteroatoms. The van der Waals surface area contributed by atoms with Gasteiger partial charge in [-0.15, -0.1) is 0 Å². The first-order chi connectivity index (χ1) is 20.3. The predicted molar refractivity (Wildman–Crippen MR) is 173 cm³/mol. The second kappa shape index (κ2) is 11.1. The van der Waals surface area contributed by atoms with Gasteiger partial charge in [-0.25, -0.2) is 0 Å². The normalized spacial score (nSPS) is 14.4. The van der Waals surface area contributed by atoms with Crippen LogP contribution in [0.3, 0.4) is 0 Å². The summed E-state index contributed by atoms with van der Waals surface area (Å²) in [5.74, 6) is -0.983. The lowest BCUT2D eigenvalue weighted by atomic mass is 10.0. The number of carbonyl (C=O) groups is 2. The van der Waals surface area contributed by atoms with Crippen LogP contribution in [0.4, 0.5) is 5.69 Å². The highest BCUT2D eigenvalue weighted by molar-refractivity contribution is 7.80. The van der Waals surface area contributed by atoms with E-state index in [-0.39, 0.29) is 10.7 Å². The molecule has 42 heavy (non-hydrogen) atoms. The Morgan fingerprint density at radius 3 is 1.95 bits per heavy atom. The van der Waals surface area contributed by atoms with Gasteiger partial charge in [-0.3, -0.25) is 19.8 Å². The first-order valence-corrected chi connectivity index (χ1v) is 14.1. The van der Waals surface area contributed by atoms with E-state index in [0.717, 1.165) is 50.5 Å². The number of aromatic nitrogens is 1. The van der Waals surface area contributed by atoms with Gasteiger partial charge < -0.3 is 4.57 Å². The number of hydrogen-bond donors (Lipinski definition) is 1. The van der Waals surface area contributed by atoms with E-state index in [2.05, 4.69) is 53.2 Å². The lowest BCUT2D eigenvalue weighted by Gasteiger charge is -2.29. The van der Waals surface area contributed by atoms with Crippen molar-refractivity contribution in [2.75, 3.05) is 4.90 Å². The number of thiocarbonyl (C=S) groups is 1. The Labute approximate surface area is 250 Å². The number of rotatable bonds is 5. The lowest BCUT2D eigenvalue weighted by Crippen LogP contribution is -2.54. The van der Waals surface area contributed by atoms with Crippen molar-refractivity contribution in [2.45, 2.75) is 20.8 Å². The van der Waals surface area contributed by atoms with Crippen molar-refractivity contribution in [1.29, 1.82) is 0 Å². The van der Waals surface area contributed by atoms with E-state index in [1.165, 1.54) is 4.90 Å². The van der Waals surface area contributed by atoms with Crippen LogP contribution in [-0.4, -0.2) is 21.5 Å². The third-order valence-corrected chi connectivity index (χ3v) is 7.87. The Bertz CT molecular complexity index is 1870. The fourth-order valence-electron chi connectivity index (χ4n) is 5.23. The van der Waals surface area contributed by atoms with Crippen molar-refractivity contribution in [1.82, 2.24) is 9.88 Å². The van der Waals surface area contributed by atoms with Crippen LogP contribution in [-0.2, 0) is 9.59 Å². The molecule has 4 aromatic carbocycles. The maximum Gasteiger partial charge on any atom is 0.270 e. The Morgan fingerprint density at radius 2 is 1.31 bits per heavy atom. The minimum absolute atomic E-state index is 0.0136. The van der Waals surface area contributed by atoms with Crippen molar-refractivity contribution < 1.29 is 9.59 Å². The van der Waals surface area contributed by atoms with Gasteiger partial charge in [0.25, 0.3) is 11.8 Å². The zero-order valence-electron chi connectivity index (χ0n) is 23.6. The number of aryl methyl sites for hydroxylation is 3. The Balaban J connectivity index is 1.59. The number of nitrogens with zero attached hydrogens (tertiary/aromatic N) is 2. The van der Waals surface area contributed by atoms with Crippen LogP contribution >= 0.6 is 12.2 Å². The summed E-state index contributed by atoms with van der Waals surface area (Å²) in [6.07, 6.45) is 1.69. The fourth-order valence-corrected chi connectivity index (χ4v) is 5.51. The van der Waals surface area contributed by atoms with Gasteiger partial charge in [0.05, 0.1) is 17.1 Å². The van der Waals surface area contributed by atoms with Crippen LogP contribution in [0.15, 0.2) is 115 Å². The van der Waals surface area contributed by atoms with Gasteiger partial charge in [-0.2, -0.15) is 0 Å². The van der Waals surface area contributed by atoms with E-state index in [1.807, 2.05) is 86.6 Å². The first kappa shape index (κ1) is 27.1. The topological polar surface area (TPSA) is 54.3 Å². The molecule has 0 atom stereocenters. The maximum atomic E-state index is 14.0. The molecular weight excluding hydrogens is 538 g/mol. The molecule has 0 radical (unpaired) electrons. The van der Waals surface area contributed by atoms with E-state index in [0.29, 0.717) is 5.69 Å². The first-order valence-electron chi connectivity index (χ1n) is 13.7. The molecule has 1 aliphatic heterocycles. The van der Waals surface area contributed by atoms with E-state index in [1.54, 1.807) is 6.08 Å². The van der Waals surface area contributed by atoms with Gasteiger partial charge in [0.15, 0.2) is 5.11 Å². The van der Waals surface area contributed by atoms with E-state index >= 15 is 0 Å². The molecule has 0 saturated carbocycles. The van der Waals surface area contributed by atoms with E-state index < -0.39 is 11.8 Å². The fraction of sp³-hybridized carbons (Fsp3) is 0.0833. The van der Waals surface area contributed by atoms with E-state index in [9.17, 15) is 9.59 Å². The van der Waals surface area contributed by atoms with Crippen LogP contribution in [0.2, 0.25) is 0 Å². The maximum absolute atomic E-state index is 14.0. The molecule has 0 bridgehead atoms. The molecule has 1 N–H and O–H groups in total. The molecule has 5 aromatic rings. The Morgan fingerprint density at radius 1 is 0.690 bits per heavy atom. The molecular formula is C36H29N3O2S. The number of amides is 2. The van der Waals surface area contributed by atoms with Gasteiger partial charge in [0.1, 0.15) is 5.57 Å². The molecule has 206 valence electrons. The molecule has 1 saturated heterocycles. The molecule has 0 aliphatic carbocycles. The molecule has 0 spiro atoms. The minimum Gasteiger partial charge on any atom is -0.309 e. The zero-order valence-corrected chi connectivity index (χ0v) is 24.4. The summed E-state index contributed by atoms with van der Waals surface area (Å²) < 4.78 is 2.19. The van der Waals surface area contributed by atoms with Gasteiger partial charge in [-0.1, -0.05) is 84.4 Å². The van der Waals surface area contributed by atoms with Crippen molar-refractivity contribution in [2.24, 2.45) is 0 Å². The number of carbonyl (C=O) groups excluding carboxylic acids is 2. The van der Waals surface area contributed by atoms with Gasteiger partial charge in [-0.05, 0) is 91.7 Å². The summed E-state index contributed by atoms with van der Waals surface area (Å²) >= 11 is 5.46. The summed E-state index contributed by atoms with van der Waals surface area (Å²) in [7, 11) is 0. The standard InChI is InChI=1S/C36H29N3O2S/c1-23-14-17-29(18-15-23)38-32(26-10-6-4-7-11-26)22-28(33(38)27-12-8-5-9-13-27)21-31-34(40)37-36(42)39(35(31)41)30-19-16-24(2)25(3)20-30/h4-22H,1-3H3,(H,37,40,42)/b31-21+. The second-order valence-corrected chi connectivity index (χ2v) is 10.8. The van der Waals surface area contributed by atoms with Crippen molar-refractivity contribution in [3.63, 3.8) is 0 Å². The van der Waals surface area contributed by atoms with Crippen LogP contribution in [0.5, 0.6) is 0 Å². The largest absolute Gasteiger partial charge is 0.309 e.